The Morgan fingerprint density at radius 1 is 1.05 bits per heavy atom. The highest BCUT2D eigenvalue weighted by Gasteiger charge is 2.15. The molecule has 4 heteroatoms. The molecule has 0 heterocycles. The number of carbonyl (C=O) groups excluding carboxylic acids is 1. The molecule has 0 bridgehead atoms. The molecule has 0 spiro atoms. The van der Waals surface area contributed by atoms with E-state index >= 15 is 0 Å². The number of unbranched alkanes of at least 4 members (excludes halogenated alkanes) is 1. The minimum absolute atomic E-state index is 0.406. The zero-order valence-corrected chi connectivity index (χ0v) is 13.5. The van der Waals surface area contributed by atoms with Crippen LogP contribution in [-0.2, 0) is 16.0 Å². The van der Waals surface area contributed by atoms with Gasteiger partial charge in [0, 0.05) is 13.7 Å². The van der Waals surface area contributed by atoms with Crippen LogP contribution in [0.3, 0.4) is 0 Å². The average molecular weight is 298 g/mol. The van der Waals surface area contributed by atoms with Crippen molar-refractivity contribution in [1.82, 2.24) is 0 Å². The van der Waals surface area contributed by atoms with Crippen molar-refractivity contribution in [3.63, 3.8) is 0 Å². The molecule has 0 aliphatic rings. The number of benzene rings is 1. The van der Waals surface area contributed by atoms with Gasteiger partial charge in [-0.2, -0.15) is 0 Å². The van der Waals surface area contributed by atoms with Gasteiger partial charge in [0.15, 0.2) is 5.79 Å². The molecule has 0 unspecified atom stereocenters. The standard InChI is InChI=1S/C11H16O.C5H12O2.CH2O/c1-12-10-6-5-9-11-7-3-2-4-8-11;1-3-5(6,7)4-2;1-2/h2-4,7-8H,5-6,9-10H2,1H3;6-7H,3-4H2,1-2H3;1H2. The molecule has 0 atom stereocenters. The van der Waals surface area contributed by atoms with E-state index in [1.165, 1.54) is 18.4 Å². The number of hydrogen-bond donors (Lipinski definition) is 2. The first-order chi connectivity index (χ1) is 10.1. The highest BCUT2D eigenvalue weighted by molar-refractivity contribution is 5.14. The molecule has 0 radical (unpaired) electrons. The fourth-order valence-corrected chi connectivity index (χ4v) is 1.47. The second kappa shape index (κ2) is 15.2. The highest BCUT2D eigenvalue weighted by atomic mass is 16.5. The number of rotatable bonds is 7. The third kappa shape index (κ3) is 15.0. The molecule has 1 aromatic carbocycles. The van der Waals surface area contributed by atoms with Gasteiger partial charge >= 0.3 is 0 Å². The maximum atomic E-state index is 8.69. The van der Waals surface area contributed by atoms with Gasteiger partial charge in [0.25, 0.3) is 0 Å². The van der Waals surface area contributed by atoms with Crippen LogP contribution in [0, 0.1) is 0 Å². The maximum Gasteiger partial charge on any atom is 0.161 e. The normalized spacial score (nSPS) is 9.95. The number of aryl methyl sites for hydroxylation is 1. The first kappa shape index (κ1) is 22.1. The van der Waals surface area contributed by atoms with Crippen LogP contribution in [0.2, 0.25) is 0 Å². The molecule has 0 aliphatic carbocycles. The van der Waals surface area contributed by atoms with E-state index in [2.05, 4.69) is 30.3 Å². The molecule has 0 fully saturated rings. The quantitative estimate of drug-likeness (QED) is 0.600. The summed E-state index contributed by atoms with van der Waals surface area (Å²) in [4.78, 5) is 8.00. The molecule has 2 N–H and O–H groups in total. The summed E-state index contributed by atoms with van der Waals surface area (Å²) < 4.78 is 4.98. The third-order valence-corrected chi connectivity index (χ3v) is 3.04. The molecule has 0 saturated carbocycles. The zero-order valence-electron chi connectivity index (χ0n) is 13.5. The van der Waals surface area contributed by atoms with E-state index in [1.54, 1.807) is 21.0 Å². The van der Waals surface area contributed by atoms with Crippen molar-refractivity contribution in [1.29, 1.82) is 0 Å². The van der Waals surface area contributed by atoms with Crippen LogP contribution in [0.1, 0.15) is 45.1 Å². The molecule has 1 rings (SSSR count). The van der Waals surface area contributed by atoms with Crippen molar-refractivity contribution in [2.75, 3.05) is 13.7 Å². The van der Waals surface area contributed by atoms with E-state index in [4.69, 9.17) is 19.7 Å². The zero-order chi connectivity index (χ0) is 16.6. The summed E-state index contributed by atoms with van der Waals surface area (Å²) in [6, 6.07) is 10.6. The van der Waals surface area contributed by atoms with Crippen LogP contribution in [0.15, 0.2) is 30.3 Å². The molecular weight excluding hydrogens is 268 g/mol. The summed E-state index contributed by atoms with van der Waals surface area (Å²) >= 11 is 0. The lowest BCUT2D eigenvalue weighted by Crippen LogP contribution is -2.24. The van der Waals surface area contributed by atoms with Gasteiger partial charge in [-0.25, -0.2) is 0 Å². The number of hydrogen-bond acceptors (Lipinski definition) is 4. The van der Waals surface area contributed by atoms with Gasteiger partial charge in [-0.3, -0.25) is 0 Å². The van der Waals surface area contributed by atoms with E-state index in [1.807, 2.05) is 6.79 Å². The lowest BCUT2D eigenvalue weighted by Gasteiger charge is -2.15. The van der Waals surface area contributed by atoms with Crippen molar-refractivity contribution >= 4 is 6.79 Å². The van der Waals surface area contributed by atoms with Crippen molar-refractivity contribution < 1.29 is 19.7 Å². The molecule has 0 amide bonds. The minimum Gasteiger partial charge on any atom is -0.385 e. The number of aliphatic hydroxyl groups is 2. The van der Waals surface area contributed by atoms with E-state index in [0.717, 1.165) is 13.0 Å². The third-order valence-electron chi connectivity index (χ3n) is 3.04. The Morgan fingerprint density at radius 2 is 1.57 bits per heavy atom. The topological polar surface area (TPSA) is 66.8 Å². The smallest absolute Gasteiger partial charge is 0.161 e. The van der Waals surface area contributed by atoms with Gasteiger partial charge in [0.05, 0.1) is 0 Å². The Morgan fingerprint density at radius 3 is 1.95 bits per heavy atom. The van der Waals surface area contributed by atoms with Crippen LogP contribution in [0.25, 0.3) is 0 Å². The predicted molar refractivity (Wildman–Crippen MR) is 86.1 cm³/mol. The van der Waals surface area contributed by atoms with Crippen LogP contribution >= 0.6 is 0 Å². The van der Waals surface area contributed by atoms with Crippen LogP contribution in [-0.4, -0.2) is 36.5 Å². The summed E-state index contributed by atoms with van der Waals surface area (Å²) in [6.07, 6.45) is 4.36. The minimum atomic E-state index is -1.42. The van der Waals surface area contributed by atoms with Crippen molar-refractivity contribution in [2.24, 2.45) is 0 Å². The van der Waals surface area contributed by atoms with Gasteiger partial charge in [0.2, 0.25) is 0 Å². The highest BCUT2D eigenvalue weighted by Crippen LogP contribution is 2.07. The van der Waals surface area contributed by atoms with Gasteiger partial charge in [-0.05, 0) is 37.7 Å². The number of ether oxygens (including phenoxy) is 1. The van der Waals surface area contributed by atoms with E-state index in [9.17, 15) is 0 Å². The fourth-order valence-electron chi connectivity index (χ4n) is 1.47. The summed E-state index contributed by atoms with van der Waals surface area (Å²) in [5, 5.41) is 17.4. The monoisotopic (exact) mass is 298 g/mol. The second-order valence-electron chi connectivity index (χ2n) is 4.63. The Labute approximate surface area is 128 Å². The lowest BCUT2D eigenvalue weighted by atomic mass is 10.1. The van der Waals surface area contributed by atoms with Crippen LogP contribution < -0.4 is 0 Å². The number of methoxy groups -OCH3 is 1. The average Bonchev–Trinajstić information content (AvgIpc) is 2.55. The Balaban J connectivity index is 0. The molecule has 0 aromatic heterocycles. The van der Waals surface area contributed by atoms with Crippen molar-refractivity contribution in [3.8, 4) is 0 Å². The Hall–Kier alpha value is -1.23. The fraction of sp³-hybridized carbons (Fsp3) is 0.588. The van der Waals surface area contributed by atoms with E-state index in [-0.39, 0.29) is 0 Å². The molecule has 1 aromatic rings. The molecular formula is C17H30O4. The SMILES string of the molecule is C=O.CCC(O)(O)CC.COCCCCc1ccccc1. The van der Waals surface area contributed by atoms with E-state index in [0.29, 0.717) is 12.8 Å². The lowest BCUT2D eigenvalue weighted by molar-refractivity contribution is -0.163. The summed E-state index contributed by atoms with van der Waals surface area (Å²) in [5.74, 6) is -1.42. The molecule has 122 valence electrons. The van der Waals surface area contributed by atoms with Crippen molar-refractivity contribution in [2.45, 2.75) is 51.7 Å². The second-order valence-corrected chi connectivity index (χ2v) is 4.63. The van der Waals surface area contributed by atoms with Gasteiger partial charge in [-0.15, -0.1) is 0 Å². The first-order valence-corrected chi connectivity index (χ1v) is 7.32. The van der Waals surface area contributed by atoms with Gasteiger partial charge in [0.1, 0.15) is 6.79 Å². The van der Waals surface area contributed by atoms with Gasteiger partial charge in [-0.1, -0.05) is 44.2 Å². The largest absolute Gasteiger partial charge is 0.385 e. The van der Waals surface area contributed by atoms with Crippen LogP contribution in [0.5, 0.6) is 0 Å². The molecule has 4 nitrogen and oxygen atoms in total. The van der Waals surface area contributed by atoms with E-state index < -0.39 is 5.79 Å². The van der Waals surface area contributed by atoms with Crippen LogP contribution in [0.4, 0.5) is 0 Å². The molecule has 0 saturated heterocycles. The predicted octanol–water partition coefficient (Wildman–Crippen LogP) is 2.96. The van der Waals surface area contributed by atoms with Crippen molar-refractivity contribution in [3.05, 3.63) is 35.9 Å². The number of carbonyl (C=O) groups is 1. The van der Waals surface area contributed by atoms with Gasteiger partial charge < -0.3 is 19.7 Å². The molecule has 21 heavy (non-hydrogen) atoms. The Kier molecular flexibility index (Phi) is 15.9. The maximum absolute atomic E-state index is 8.69. The summed E-state index contributed by atoms with van der Waals surface area (Å²) in [6.45, 7) is 6.36. The Bertz CT molecular complexity index is 306. The summed E-state index contributed by atoms with van der Waals surface area (Å²) in [5.41, 5.74) is 1.42. The molecule has 0 aliphatic heterocycles. The summed E-state index contributed by atoms with van der Waals surface area (Å²) in [7, 11) is 1.75. The first-order valence-electron chi connectivity index (χ1n) is 7.32.